The molecule has 0 aliphatic carbocycles. The first kappa shape index (κ1) is 19.6. The lowest BCUT2D eigenvalue weighted by molar-refractivity contribution is -0.144. The molecule has 0 saturated heterocycles. The second-order valence-corrected chi connectivity index (χ2v) is 6.72. The van der Waals surface area contributed by atoms with Crippen molar-refractivity contribution in [2.75, 3.05) is 13.2 Å². The van der Waals surface area contributed by atoms with Crippen molar-refractivity contribution >= 4 is 16.9 Å². The summed E-state index contributed by atoms with van der Waals surface area (Å²) in [5.41, 5.74) is 2.67. The van der Waals surface area contributed by atoms with Crippen LogP contribution in [-0.2, 0) is 16.0 Å². The molecule has 0 bridgehead atoms. The number of para-hydroxylation sites is 1. The molecule has 1 heterocycles. The predicted molar refractivity (Wildman–Crippen MR) is 108 cm³/mol. The number of esters is 1. The van der Waals surface area contributed by atoms with Crippen LogP contribution in [0.15, 0.2) is 47.3 Å². The minimum atomic E-state index is -0.285. The first-order chi connectivity index (χ1) is 13.5. The Morgan fingerprint density at radius 3 is 2.79 bits per heavy atom. The van der Waals surface area contributed by atoms with Crippen LogP contribution in [0.3, 0.4) is 0 Å². The maximum atomic E-state index is 12.0. The third-order valence-corrected chi connectivity index (χ3v) is 4.40. The Morgan fingerprint density at radius 2 is 1.93 bits per heavy atom. The lowest BCUT2D eigenvalue weighted by Gasteiger charge is -2.10. The van der Waals surface area contributed by atoms with Crippen LogP contribution in [0.5, 0.6) is 5.75 Å². The van der Waals surface area contributed by atoms with E-state index in [9.17, 15) is 9.59 Å². The number of aromatic nitrogens is 2. The summed E-state index contributed by atoms with van der Waals surface area (Å²) in [6, 6.07) is 13.2. The smallest absolute Gasteiger partial charge is 0.305 e. The summed E-state index contributed by atoms with van der Waals surface area (Å²) in [5.74, 6) is 1.10. The van der Waals surface area contributed by atoms with E-state index in [1.807, 2.05) is 38.1 Å². The number of benzene rings is 2. The Labute approximate surface area is 163 Å². The minimum Gasteiger partial charge on any atom is -0.490 e. The Morgan fingerprint density at radius 1 is 1.11 bits per heavy atom. The van der Waals surface area contributed by atoms with Gasteiger partial charge < -0.3 is 14.5 Å². The Balaban J connectivity index is 1.40. The summed E-state index contributed by atoms with van der Waals surface area (Å²) in [6.07, 6.45) is 1.33. The first-order valence-electron chi connectivity index (χ1n) is 9.36. The SMILES string of the molecule is Cc1ccc(C)c(OCCOC(=O)CCCc2nc3ccccc3c(=O)[nH]2)c1. The van der Waals surface area contributed by atoms with E-state index in [1.165, 1.54) is 0 Å². The van der Waals surface area contributed by atoms with Crippen molar-refractivity contribution in [3.05, 3.63) is 69.8 Å². The van der Waals surface area contributed by atoms with Gasteiger partial charge >= 0.3 is 5.97 Å². The highest BCUT2D eigenvalue weighted by atomic mass is 16.6. The van der Waals surface area contributed by atoms with Crippen LogP contribution in [0.1, 0.15) is 29.8 Å². The number of ether oxygens (including phenoxy) is 2. The van der Waals surface area contributed by atoms with Crippen molar-refractivity contribution in [3.63, 3.8) is 0 Å². The summed E-state index contributed by atoms with van der Waals surface area (Å²) in [6.45, 7) is 4.50. The average Bonchev–Trinajstić information content (AvgIpc) is 2.68. The molecule has 0 radical (unpaired) electrons. The molecule has 2 aromatic carbocycles. The monoisotopic (exact) mass is 380 g/mol. The Hall–Kier alpha value is -3.15. The maximum absolute atomic E-state index is 12.0. The van der Waals surface area contributed by atoms with Gasteiger partial charge in [-0.25, -0.2) is 4.98 Å². The van der Waals surface area contributed by atoms with Gasteiger partial charge in [-0.05, 0) is 49.6 Å². The molecule has 146 valence electrons. The number of aryl methyl sites for hydroxylation is 3. The average molecular weight is 380 g/mol. The number of hydrogen-bond donors (Lipinski definition) is 1. The standard InChI is InChI=1S/C22H24N2O4/c1-15-10-11-16(2)19(14-15)27-12-13-28-21(25)9-5-8-20-23-18-7-4-3-6-17(18)22(26)24-20/h3-4,6-7,10-11,14H,5,8-9,12-13H2,1-2H3,(H,23,24,26). The van der Waals surface area contributed by atoms with Crippen molar-refractivity contribution < 1.29 is 14.3 Å². The van der Waals surface area contributed by atoms with Crippen LogP contribution in [0.2, 0.25) is 0 Å². The second kappa shape index (κ2) is 9.17. The van der Waals surface area contributed by atoms with Gasteiger partial charge in [0.2, 0.25) is 0 Å². The lowest BCUT2D eigenvalue weighted by atomic mass is 10.1. The minimum absolute atomic E-state index is 0.160. The van der Waals surface area contributed by atoms with Gasteiger partial charge in [0.05, 0.1) is 10.9 Å². The molecule has 0 spiro atoms. The molecule has 6 heteroatoms. The van der Waals surface area contributed by atoms with E-state index in [4.69, 9.17) is 9.47 Å². The highest BCUT2D eigenvalue weighted by molar-refractivity contribution is 5.77. The molecule has 1 aromatic heterocycles. The van der Waals surface area contributed by atoms with Crippen LogP contribution in [-0.4, -0.2) is 29.2 Å². The van der Waals surface area contributed by atoms with Crippen LogP contribution in [0.4, 0.5) is 0 Å². The molecule has 6 nitrogen and oxygen atoms in total. The summed E-state index contributed by atoms with van der Waals surface area (Å²) in [4.78, 5) is 31.1. The van der Waals surface area contributed by atoms with Crippen LogP contribution < -0.4 is 10.3 Å². The van der Waals surface area contributed by atoms with Crippen molar-refractivity contribution in [3.8, 4) is 5.75 Å². The molecule has 0 atom stereocenters. The molecule has 0 aliphatic rings. The van der Waals surface area contributed by atoms with Gasteiger partial charge in [0.1, 0.15) is 24.8 Å². The molecular formula is C22H24N2O4. The number of fused-ring (bicyclic) bond motifs is 1. The number of carbonyl (C=O) groups is 1. The number of H-pyrrole nitrogens is 1. The molecule has 1 N–H and O–H groups in total. The van der Waals surface area contributed by atoms with Crippen molar-refractivity contribution in [1.82, 2.24) is 9.97 Å². The van der Waals surface area contributed by atoms with Gasteiger partial charge in [0, 0.05) is 12.8 Å². The number of rotatable bonds is 8. The maximum Gasteiger partial charge on any atom is 0.305 e. The number of carbonyl (C=O) groups excluding carboxylic acids is 1. The van der Waals surface area contributed by atoms with Gasteiger partial charge in [-0.3, -0.25) is 9.59 Å². The van der Waals surface area contributed by atoms with Gasteiger partial charge in [-0.2, -0.15) is 0 Å². The van der Waals surface area contributed by atoms with Crippen LogP contribution in [0.25, 0.3) is 10.9 Å². The third-order valence-electron chi connectivity index (χ3n) is 4.40. The summed E-state index contributed by atoms with van der Waals surface area (Å²) in [7, 11) is 0. The van der Waals surface area contributed by atoms with E-state index in [0.29, 0.717) is 36.2 Å². The van der Waals surface area contributed by atoms with E-state index in [1.54, 1.807) is 18.2 Å². The number of hydrogen-bond acceptors (Lipinski definition) is 5. The fourth-order valence-electron chi connectivity index (χ4n) is 2.90. The first-order valence-corrected chi connectivity index (χ1v) is 9.36. The van der Waals surface area contributed by atoms with Crippen LogP contribution in [0, 0.1) is 13.8 Å². The van der Waals surface area contributed by atoms with Gasteiger partial charge in [-0.1, -0.05) is 24.3 Å². The second-order valence-electron chi connectivity index (χ2n) is 6.72. The highest BCUT2D eigenvalue weighted by Crippen LogP contribution is 2.18. The van der Waals surface area contributed by atoms with Gasteiger partial charge in [0.25, 0.3) is 5.56 Å². The fraction of sp³-hybridized carbons (Fsp3) is 0.318. The topological polar surface area (TPSA) is 81.3 Å². The molecule has 0 unspecified atom stereocenters. The Kier molecular flexibility index (Phi) is 6.42. The predicted octanol–water partition coefficient (Wildman–Crippen LogP) is 3.48. The van der Waals surface area contributed by atoms with E-state index in [-0.39, 0.29) is 24.6 Å². The van der Waals surface area contributed by atoms with E-state index in [2.05, 4.69) is 9.97 Å². The van der Waals surface area contributed by atoms with Crippen LogP contribution >= 0.6 is 0 Å². The molecule has 3 aromatic rings. The number of aromatic amines is 1. The van der Waals surface area contributed by atoms with Crippen molar-refractivity contribution in [2.24, 2.45) is 0 Å². The zero-order valence-electron chi connectivity index (χ0n) is 16.2. The zero-order chi connectivity index (χ0) is 19.9. The summed E-state index contributed by atoms with van der Waals surface area (Å²) in [5, 5.41) is 0.564. The normalized spacial score (nSPS) is 10.8. The zero-order valence-corrected chi connectivity index (χ0v) is 16.2. The molecule has 0 amide bonds. The third kappa shape index (κ3) is 5.19. The lowest BCUT2D eigenvalue weighted by Crippen LogP contribution is -2.14. The van der Waals surface area contributed by atoms with Crippen molar-refractivity contribution in [1.29, 1.82) is 0 Å². The fourth-order valence-corrected chi connectivity index (χ4v) is 2.90. The molecule has 3 rings (SSSR count). The van der Waals surface area contributed by atoms with Crippen molar-refractivity contribution in [2.45, 2.75) is 33.1 Å². The number of nitrogens with zero attached hydrogens (tertiary/aromatic N) is 1. The number of nitrogens with one attached hydrogen (secondary N) is 1. The molecular weight excluding hydrogens is 356 g/mol. The van der Waals surface area contributed by atoms with E-state index < -0.39 is 0 Å². The quantitative estimate of drug-likeness (QED) is 0.478. The largest absolute Gasteiger partial charge is 0.490 e. The Bertz CT molecular complexity index is 1030. The molecule has 0 fully saturated rings. The van der Waals surface area contributed by atoms with E-state index >= 15 is 0 Å². The molecule has 0 saturated carbocycles. The summed E-state index contributed by atoms with van der Waals surface area (Å²) >= 11 is 0. The highest BCUT2D eigenvalue weighted by Gasteiger charge is 2.07. The summed E-state index contributed by atoms with van der Waals surface area (Å²) < 4.78 is 10.9. The van der Waals surface area contributed by atoms with Gasteiger partial charge in [-0.15, -0.1) is 0 Å². The van der Waals surface area contributed by atoms with E-state index in [0.717, 1.165) is 16.9 Å². The molecule has 0 aliphatic heterocycles. The van der Waals surface area contributed by atoms with Gasteiger partial charge in [0.15, 0.2) is 0 Å². The molecule has 28 heavy (non-hydrogen) atoms.